The summed E-state index contributed by atoms with van der Waals surface area (Å²) in [6.45, 7) is 4.39. The maximum absolute atomic E-state index is 10.7. The van der Waals surface area contributed by atoms with Gasteiger partial charge in [-0.05, 0) is 41.7 Å². The lowest BCUT2D eigenvalue weighted by molar-refractivity contribution is 0.214. The SMILES string of the molecule is COc1ccc(Br)cc1C(O)c1cccc(CC(C)C)c1. The topological polar surface area (TPSA) is 29.5 Å². The standard InChI is InChI=1S/C18H21BrO2/c1-12(2)9-13-5-4-6-14(10-13)18(20)16-11-15(19)7-8-17(16)21-3/h4-8,10-12,18,20H,9H2,1-3H3. The molecule has 0 saturated heterocycles. The van der Waals surface area contributed by atoms with E-state index in [1.165, 1.54) is 5.56 Å². The molecule has 2 rings (SSSR count). The molecule has 1 unspecified atom stereocenters. The highest BCUT2D eigenvalue weighted by atomic mass is 79.9. The Kier molecular flexibility index (Phi) is 5.43. The van der Waals surface area contributed by atoms with E-state index in [4.69, 9.17) is 4.74 Å². The number of halogens is 1. The Labute approximate surface area is 134 Å². The normalized spacial score (nSPS) is 12.5. The summed E-state index contributed by atoms with van der Waals surface area (Å²) < 4.78 is 6.28. The van der Waals surface area contributed by atoms with Gasteiger partial charge in [0.05, 0.1) is 7.11 Å². The van der Waals surface area contributed by atoms with E-state index in [-0.39, 0.29) is 0 Å². The van der Waals surface area contributed by atoms with Crippen LogP contribution in [0.4, 0.5) is 0 Å². The lowest BCUT2D eigenvalue weighted by atomic mass is 9.96. The lowest BCUT2D eigenvalue weighted by Crippen LogP contribution is -2.04. The Balaban J connectivity index is 2.35. The van der Waals surface area contributed by atoms with Gasteiger partial charge in [0, 0.05) is 10.0 Å². The number of methoxy groups -OCH3 is 1. The molecule has 1 atom stereocenters. The molecule has 0 aromatic heterocycles. The van der Waals surface area contributed by atoms with Crippen molar-refractivity contribution in [2.75, 3.05) is 7.11 Å². The summed E-state index contributed by atoms with van der Waals surface area (Å²) in [5, 5.41) is 10.7. The summed E-state index contributed by atoms with van der Waals surface area (Å²) in [4.78, 5) is 0. The Morgan fingerprint density at radius 3 is 2.57 bits per heavy atom. The number of hydrogen-bond acceptors (Lipinski definition) is 2. The monoisotopic (exact) mass is 348 g/mol. The van der Waals surface area contributed by atoms with E-state index in [9.17, 15) is 5.11 Å². The van der Waals surface area contributed by atoms with Crippen LogP contribution in [-0.4, -0.2) is 12.2 Å². The molecule has 0 saturated carbocycles. The largest absolute Gasteiger partial charge is 0.496 e. The van der Waals surface area contributed by atoms with Crippen molar-refractivity contribution in [1.82, 2.24) is 0 Å². The van der Waals surface area contributed by atoms with E-state index < -0.39 is 6.10 Å². The molecule has 0 amide bonds. The molecule has 0 spiro atoms. The maximum atomic E-state index is 10.7. The number of rotatable bonds is 5. The fraction of sp³-hybridized carbons (Fsp3) is 0.333. The second kappa shape index (κ2) is 7.10. The van der Waals surface area contributed by atoms with Crippen LogP contribution in [0, 0.1) is 5.92 Å². The molecule has 112 valence electrons. The number of benzene rings is 2. The van der Waals surface area contributed by atoms with E-state index in [2.05, 4.69) is 41.9 Å². The van der Waals surface area contributed by atoms with Crippen LogP contribution in [0.15, 0.2) is 46.9 Å². The summed E-state index contributed by atoms with van der Waals surface area (Å²) in [5.74, 6) is 1.29. The van der Waals surface area contributed by atoms with Crippen LogP contribution in [0.1, 0.15) is 36.6 Å². The first-order valence-corrected chi connectivity index (χ1v) is 7.91. The molecule has 0 heterocycles. The predicted molar refractivity (Wildman–Crippen MR) is 89.7 cm³/mol. The summed E-state index contributed by atoms with van der Waals surface area (Å²) in [6, 6.07) is 13.8. The number of ether oxygens (including phenoxy) is 1. The fourth-order valence-corrected chi connectivity index (χ4v) is 2.84. The van der Waals surface area contributed by atoms with Crippen LogP contribution in [-0.2, 0) is 6.42 Å². The number of aliphatic hydroxyl groups is 1. The molecular formula is C18H21BrO2. The van der Waals surface area contributed by atoms with Crippen LogP contribution >= 0.6 is 15.9 Å². The highest BCUT2D eigenvalue weighted by Gasteiger charge is 2.16. The van der Waals surface area contributed by atoms with Crippen LogP contribution < -0.4 is 4.74 Å². The van der Waals surface area contributed by atoms with Crippen molar-refractivity contribution in [2.45, 2.75) is 26.4 Å². The van der Waals surface area contributed by atoms with Gasteiger partial charge in [-0.25, -0.2) is 0 Å². The Hall–Kier alpha value is -1.32. The quantitative estimate of drug-likeness (QED) is 0.845. The maximum Gasteiger partial charge on any atom is 0.125 e. The molecule has 1 N–H and O–H groups in total. The third-order valence-corrected chi connectivity index (χ3v) is 3.89. The highest BCUT2D eigenvalue weighted by Crippen LogP contribution is 2.32. The third kappa shape index (κ3) is 4.08. The zero-order valence-corrected chi connectivity index (χ0v) is 14.2. The number of aliphatic hydroxyl groups excluding tert-OH is 1. The van der Waals surface area contributed by atoms with Gasteiger partial charge in [0.2, 0.25) is 0 Å². The van der Waals surface area contributed by atoms with Crippen LogP contribution in [0.5, 0.6) is 5.75 Å². The highest BCUT2D eigenvalue weighted by molar-refractivity contribution is 9.10. The zero-order chi connectivity index (χ0) is 15.4. The van der Waals surface area contributed by atoms with Crippen molar-refractivity contribution >= 4 is 15.9 Å². The second-order valence-corrected chi connectivity index (χ2v) is 6.55. The van der Waals surface area contributed by atoms with Crippen molar-refractivity contribution in [3.63, 3.8) is 0 Å². The molecule has 2 aromatic carbocycles. The van der Waals surface area contributed by atoms with Crippen molar-refractivity contribution in [2.24, 2.45) is 5.92 Å². The lowest BCUT2D eigenvalue weighted by Gasteiger charge is -2.17. The molecule has 2 aromatic rings. The molecular weight excluding hydrogens is 328 g/mol. The summed E-state index contributed by atoms with van der Waals surface area (Å²) in [6.07, 6.45) is 0.320. The average molecular weight is 349 g/mol. The summed E-state index contributed by atoms with van der Waals surface area (Å²) >= 11 is 3.45. The molecule has 0 bridgehead atoms. The van der Waals surface area contributed by atoms with Gasteiger partial charge in [0.1, 0.15) is 11.9 Å². The van der Waals surface area contributed by atoms with Crippen molar-refractivity contribution in [3.05, 3.63) is 63.6 Å². The molecule has 21 heavy (non-hydrogen) atoms. The average Bonchev–Trinajstić information content (AvgIpc) is 2.46. The molecule has 0 aliphatic rings. The molecule has 0 radical (unpaired) electrons. The van der Waals surface area contributed by atoms with Crippen molar-refractivity contribution < 1.29 is 9.84 Å². The fourth-order valence-electron chi connectivity index (χ4n) is 2.46. The molecule has 2 nitrogen and oxygen atoms in total. The van der Waals surface area contributed by atoms with E-state index >= 15 is 0 Å². The summed E-state index contributed by atoms with van der Waals surface area (Å²) in [7, 11) is 1.62. The first-order chi connectivity index (χ1) is 10.0. The van der Waals surface area contributed by atoms with Gasteiger partial charge in [0.15, 0.2) is 0 Å². The Bertz CT molecular complexity index is 608. The van der Waals surface area contributed by atoms with E-state index in [0.29, 0.717) is 11.7 Å². The van der Waals surface area contributed by atoms with Gasteiger partial charge in [-0.1, -0.05) is 54.0 Å². The summed E-state index contributed by atoms with van der Waals surface area (Å²) in [5.41, 5.74) is 2.91. The van der Waals surface area contributed by atoms with Crippen LogP contribution in [0.2, 0.25) is 0 Å². The first-order valence-electron chi connectivity index (χ1n) is 7.11. The minimum absolute atomic E-state index is 0.595. The first kappa shape index (κ1) is 16.1. The minimum atomic E-state index is -0.690. The van der Waals surface area contributed by atoms with Crippen molar-refractivity contribution in [3.8, 4) is 5.75 Å². The predicted octanol–water partition coefficient (Wildman–Crippen LogP) is 4.74. The molecule has 3 heteroatoms. The van der Waals surface area contributed by atoms with E-state index in [0.717, 1.165) is 22.0 Å². The molecule has 0 aliphatic heterocycles. The van der Waals surface area contributed by atoms with Crippen LogP contribution in [0.25, 0.3) is 0 Å². The van der Waals surface area contributed by atoms with Gasteiger partial charge in [-0.15, -0.1) is 0 Å². The van der Waals surface area contributed by atoms with Gasteiger partial charge in [0.25, 0.3) is 0 Å². The third-order valence-electron chi connectivity index (χ3n) is 3.40. The Morgan fingerprint density at radius 1 is 1.14 bits per heavy atom. The molecule has 0 fully saturated rings. The van der Waals surface area contributed by atoms with Gasteiger partial charge < -0.3 is 9.84 Å². The van der Waals surface area contributed by atoms with E-state index in [1.807, 2.05) is 30.3 Å². The van der Waals surface area contributed by atoms with E-state index in [1.54, 1.807) is 7.11 Å². The zero-order valence-electron chi connectivity index (χ0n) is 12.6. The smallest absolute Gasteiger partial charge is 0.125 e. The van der Waals surface area contributed by atoms with Crippen LogP contribution in [0.3, 0.4) is 0 Å². The Morgan fingerprint density at radius 2 is 1.90 bits per heavy atom. The number of hydrogen-bond donors (Lipinski definition) is 1. The minimum Gasteiger partial charge on any atom is -0.496 e. The second-order valence-electron chi connectivity index (χ2n) is 5.63. The van der Waals surface area contributed by atoms with Gasteiger partial charge >= 0.3 is 0 Å². The van der Waals surface area contributed by atoms with Crippen molar-refractivity contribution in [1.29, 1.82) is 0 Å². The van der Waals surface area contributed by atoms with Gasteiger partial charge in [-0.2, -0.15) is 0 Å². The van der Waals surface area contributed by atoms with Gasteiger partial charge in [-0.3, -0.25) is 0 Å². The molecule has 0 aliphatic carbocycles.